The molecule has 1 atom stereocenters. The number of fused-ring (bicyclic) bond motifs is 1. The first kappa shape index (κ1) is 21.5. The van der Waals surface area contributed by atoms with E-state index < -0.39 is 0 Å². The highest BCUT2D eigenvalue weighted by atomic mass is 16.5. The molecule has 8 nitrogen and oxygen atoms in total. The Bertz CT molecular complexity index is 1290. The van der Waals surface area contributed by atoms with E-state index in [4.69, 9.17) is 9.72 Å². The van der Waals surface area contributed by atoms with Gasteiger partial charge in [0.05, 0.1) is 35.1 Å². The number of carbonyl (C=O) groups excluding carboxylic acids is 1. The Morgan fingerprint density at radius 1 is 1.12 bits per heavy atom. The first-order chi connectivity index (χ1) is 15.3. The van der Waals surface area contributed by atoms with Crippen molar-refractivity contribution in [2.24, 2.45) is 7.05 Å². The maximum absolute atomic E-state index is 13.3. The highest BCUT2D eigenvalue weighted by Gasteiger charge is 2.21. The van der Waals surface area contributed by atoms with Crippen LogP contribution in [0.25, 0.3) is 16.7 Å². The largest absolute Gasteiger partial charge is 0.497 e. The molecule has 1 aromatic carbocycles. The van der Waals surface area contributed by atoms with Gasteiger partial charge in [-0.25, -0.2) is 9.67 Å². The van der Waals surface area contributed by atoms with E-state index in [1.165, 1.54) is 0 Å². The van der Waals surface area contributed by atoms with Crippen molar-refractivity contribution in [3.8, 4) is 11.4 Å². The van der Waals surface area contributed by atoms with Crippen molar-refractivity contribution >= 4 is 16.9 Å². The summed E-state index contributed by atoms with van der Waals surface area (Å²) in [6.45, 7) is 7.78. The van der Waals surface area contributed by atoms with Crippen molar-refractivity contribution in [2.75, 3.05) is 7.11 Å². The van der Waals surface area contributed by atoms with Gasteiger partial charge in [-0.05, 0) is 70.0 Å². The van der Waals surface area contributed by atoms with E-state index in [1.807, 2.05) is 71.3 Å². The van der Waals surface area contributed by atoms with Crippen LogP contribution in [0.2, 0.25) is 0 Å². The van der Waals surface area contributed by atoms with Crippen LogP contribution in [0.4, 0.5) is 0 Å². The minimum atomic E-state index is -0.132. The molecule has 0 saturated carbocycles. The lowest BCUT2D eigenvalue weighted by atomic mass is 10.1. The molecule has 0 aliphatic heterocycles. The molecule has 0 spiro atoms. The lowest BCUT2D eigenvalue weighted by Crippen LogP contribution is -2.34. The Morgan fingerprint density at radius 3 is 2.47 bits per heavy atom. The van der Waals surface area contributed by atoms with E-state index in [2.05, 4.69) is 15.5 Å². The third-order valence-corrected chi connectivity index (χ3v) is 5.52. The SMILES string of the molecule is COc1ccc(-n2nc(C)c3c(C(=O)N[C@@H](C)Cc4cn(C)nc4C)cc(C)nc32)cc1. The van der Waals surface area contributed by atoms with E-state index in [0.717, 1.165) is 39.5 Å². The van der Waals surface area contributed by atoms with Crippen molar-refractivity contribution in [2.45, 2.75) is 40.2 Å². The molecule has 0 unspecified atom stereocenters. The summed E-state index contributed by atoms with van der Waals surface area (Å²) in [4.78, 5) is 18.0. The second-order valence-electron chi connectivity index (χ2n) is 8.20. The molecule has 8 heteroatoms. The average molecular weight is 433 g/mol. The Hall–Kier alpha value is -3.68. The number of nitrogens with zero attached hydrogens (tertiary/aromatic N) is 5. The zero-order valence-corrected chi connectivity index (χ0v) is 19.3. The zero-order chi connectivity index (χ0) is 23.0. The summed E-state index contributed by atoms with van der Waals surface area (Å²) in [5, 5.41) is 13.0. The molecule has 0 saturated heterocycles. The molecule has 4 rings (SSSR count). The minimum absolute atomic E-state index is 0.0501. The van der Waals surface area contributed by atoms with Gasteiger partial charge in [0.25, 0.3) is 5.91 Å². The molecule has 1 N–H and O–H groups in total. The number of hydrogen-bond donors (Lipinski definition) is 1. The van der Waals surface area contributed by atoms with Gasteiger partial charge in [-0.15, -0.1) is 0 Å². The molecule has 1 amide bonds. The number of rotatable bonds is 6. The van der Waals surface area contributed by atoms with Gasteiger partial charge in [-0.2, -0.15) is 10.2 Å². The van der Waals surface area contributed by atoms with Gasteiger partial charge in [0, 0.05) is 25.0 Å². The summed E-state index contributed by atoms with van der Waals surface area (Å²) < 4.78 is 8.82. The number of ether oxygens (including phenoxy) is 1. The highest BCUT2D eigenvalue weighted by Crippen LogP contribution is 2.26. The van der Waals surface area contributed by atoms with Crippen molar-refractivity contribution < 1.29 is 9.53 Å². The highest BCUT2D eigenvalue weighted by molar-refractivity contribution is 6.06. The number of hydrogen-bond acceptors (Lipinski definition) is 5. The number of benzene rings is 1. The van der Waals surface area contributed by atoms with Crippen molar-refractivity contribution in [3.05, 3.63) is 64.7 Å². The summed E-state index contributed by atoms with van der Waals surface area (Å²) in [7, 11) is 3.54. The minimum Gasteiger partial charge on any atom is -0.497 e. The summed E-state index contributed by atoms with van der Waals surface area (Å²) in [6.07, 6.45) is 2.71. The molecule has 3 heterocycles. The van der Waals surface area contributed by atoms with Gasteiger partial charge in [-0.3, -0.25) is 9.48 Å². The molecule has 0 aliphatic rings. The molecule has 166 valence electrons. The molecule has 0 radical (unpaired) electrons. The average Bonchev–Trinajstić information content (AvgIpc) is 3.25. The van der Waals surface area contributed by atoms with E-state index >= 15 is 0 Å². The predicted molar refractivity (Wildman–Crippen MR) is 123 cm³/mol. The third-order valence-electron chi connectivity index (χ3n) is 5.52. The Balaban J connectivity index is 1.67. The van der Waals surface area contributed by atoms with Gasteiger partial charge < -0.3 is 10.1 Å². The number of aryl methyl sites for hydroxylation is 4. The molecule has 0 aliphatic carbocycles. The quantitative estimate of drug-likeness (QED) is 0.504. The fourth-order valence-electron chi connectivity index (χ4n) is 4.03. The Morgan fingerprint density at radius 2 is 1.84 bits per heavy atom. The number of amides is 1. The molecular formula is C24H28N6O2. The Kier molecular flexibility index (Phi) is 5.69. The maximum Gasteiger partial charge on any atom is 0.252 e. The van der Waals surface area contributed by atoms with Gasteiger partial charge in [0.15, 0.2) is 5.65 Å². The number of pyridine rings is 1. The van der Waals surface area contributed by atoms with Crippen molar-refractivity contribution in [1.82, 2.24) is 29.9 Å². The predicted octanol–water partition coefficient (Wildman–Crippen LogP) is 3.45. The van der Waals surface area contributed by atoms with Crippen LogP contribution in [-0.2, 0) is 13.5 Å². The van der Waals surface area contributed by atoms with Crippen LogP contribution >= 0.6 is 0 Å². The topological polar surface area (TPSA) is 86.9 Å². The molecule has 4 aromatic rings. The van der Waals surface area contributed by atoms with Crippen LogP contribution in [0, 0.1) is 20.8 Å². The first-order valence-corrected chi connectivity index (χ1v) is 10.6. The summed E-state index contributed by atoms with van der Waals surface area (Å²) in [5.41, 5.74) is 5.71. The maximum atomic E-state index is 13.3. The van der Waals surface area contributed by atoms with E-state index in [9.17, 15) is 4.79 Å². The second-order valence-corrected chi connectivity index (χ2v) is 8.20. The van der Waals surface area contributed by atoms with E-state index in [-0.39, 0.29) is 11.9 Å². The standard InChI is InChI=1S/C24H28N6O2/c1-14(11-18-13-29(5)27-16(18)3)26-24(31)21-12-15(2)25-23-22(21)17(4)28-30(23)19-7-9-20(32-6)10-8-19/h7-10,12-14H,11H2,1-6H3,(H,26,31)/t14-/m0/s1. The first-order valence-electron chi connectivity index (χ1n) is 10.6. The lowest BCUT2D eigenvalue weighted by molar-refractivity contribution is 0.0941. The molecule has 0 fully saturated rings. The smallest absolute Gasteiger partial charge is 0.252 e. The zero-order valence-electron chi connectivity index (χ0n) is 19.3. The van der Waals surface area contributed by atoms with Crippen molar-refractivity contribution in [1.29, 1.82) is 0 Å². The molecule has 32 heavy (non-hydrogen) atoms. The number of aromatic nitrogens is 5. The van der Waals surface area contributed by atoms with E-state index in [0.29, 0.717) is 17.6 Å². The van der Waals surface area contributed by atoms with Crippen LogP contribution in [0.15, 0.2) is 36.5 Å². The molecule has 0 bridgehead atoms. The van der Waals surface area contributed by atoms with Crippen LogP contribution < -0.4 is 10.1 Å². The van der Waals surface area contributed by atoms with Gasteiger partial charge in [0.1, 0.15) is 5.75 Å². The fourth-order valence-corrected chi connectivity index (χ4v) is 4.03. The monoisotopic (exact) mass is 432 g/mol. The second kappa shape index (κ2) is 8.45. The molecule has 3 aromatic heterocycles. The van der Waals surface area contributed by atoms with Gasteiger partial charge in [-0.1, -0.05) is 0 Å². The number of nitrogens with one attached hydrogen (secondary N) is 1. The summed E-state index contributed by atoms with van der Waals surface area (Å²) in [5.74, 6) is 0.635. The number of methoxy groups -OCH3 is 1. The molecular weight excluding hydrogens is 404 g/mol. The van der Waals surface area contributed by atoms with Crippen LogP contribution in [0.1, 0.15) is 39.9 Å². The summed E-state index contributed by atoms with van der Waals surface area (Å²) in [6, 6.07) is 9.38. The fraction of sp³-hybridized carbons (Fsp3) is 0.333. The summed E-state index contributed by atoms with van der Waals surface area (Å²) >= 11 is 0. The van der Waals surface area contributed by atoms with Crippen LogP contribution in [0.3, 0.4) is 0 Å². The third kappa shape index (κ3) is 4.08. The van der Waals surface area contributed by atoms with Gasteiger partial charge in [0.2, 0.25) is 0 Å². The van der Waals surface area contributed by atoms with Gasteiger partial charge >= 0.3 is 0 Å². The van der Waals surface area contributed by atoms with Crippen LogP contribution in [-0.4, -0.2) is 43.6 Å². The normalized spacial score (nSPS) is 12.2. The van der Waals surface area contributed by atoms with E-state index in [1.54, 1.807) is 16.5 Å². The lowest BCUT2D eigenvalue weighted by Gasteiger charge is -2.14. The van der Waals surface area contributed by atoms with Crippen molar-refractivity contribution in [3.63, 3.8) is 0 Å². The Labute approximate surface area is 187 Å². The number of carbonyl (C=O) groups is 1. The van der Waals surface area contributed by atoms with Crippen LogP contribution in [0.5, 0.6) is 5.75 Å².